The summed E-state index contributed by atoms with van der Waals surface area (Å²) in [6.45, 7) is 9.21. The van der Waals surface area contributed by atoms with Crippen molar-refractivity contribution in [3.63, 3.8) is 0 Å². The molecule has 3 aliphatic heterocycles. The summed E-state index contributed by atoms with van der Waals surface area (Å²) in [6, 6.07) is 7.60. The number of ether oxygens (including phenoxy) is 2. The monoisotopic (exact) mass is 618 g/mol. The molecule has 1 aromatic heterocycles. The normalized spacial score (nSPS) is 24.0. The van der Waals surface area contributed by atoms with Crippen molar-refractivity contribution < 1.29 is 24.2 Å². The number of hydrogen-bond acceptors (Lipinski definition) is 7. The third kappa shape index (κ3) is 5.99. The van der Waals surface area contributed by atoms with Gasteiger partial charge >= 0.3 is 5.97 Å². The smallest absolute Gasteiger partial charge is 0.325 e. The molecule has 9 nitrogen and oxygen atoms in total. The van der Waals surface area contributed by atoms with Crippen LogP contribution >= 0.6 is 0 Å². The maximum Gasteiger partial charge on any atom is 0.325 e. The van der Waals surface area contributed by atoms with Crippen LogP contribution in [0, 0.1) is 12.3 Å². The Bertz CT molecular complexity index is 1430. The zero-order valence-corrected chi connectivity index (χ0v) is 27.7. The lowest BCUT2D eigenvalue weighted by Crippen LogP contribution is -2.43. The predicted molar refractivity (Wildman–Crippen MR) is 175 cm³/mol. The summed E-state index contributed by atoms with van der Waals surface area (Å²) in [5.41, 5.74) is 5.14. The molecule has 1 spiro atoms. The minimum atomic E-state index is -0.896. The van der Waals surface area contributed by atoms with E-state index in [9.17, 15) is 14.7 Å². The van der Waals surface area contributed by atoms with E-state index >= 15 is 0 Å². The van der Waals surface area contributed by atoms with Crippen molar-refractivity contribution in [1.82, 2.24) is 9.88 Å². The number of nitrogens with one attached hydrogen (secondary N) is 1. The van der Waals surface area contributed by atoms with Crippen LogP contribution in [0.1, 0.15) is 92.8 Å². The zero-order chi connectivity index (χ0) is 31.9. The summed E-state index contributed by atoms with van der Waals surface area (Å²) >= 11 is 0. The fourth-order valence-electron chi connectivity index (χ4n) is 8.37. The number of fused-ring (bicyclic) bond motifs is 3. The molecule has 2 fully saturated rings. The number of aliphatic carboxylic acids is 1. The SMILES string of the molecule is Cc1cc([C@H](C(=O)O)N(C)[C@@H]2C[C@@H](OCCCCc3ccc4c(n3)NCCC4)C(C)(C)C2)c2c(c1)C1(CCOCC1)C(=O)N2C. The van der Waals surface area contributed by atoms with Gasteiger partial charge in [-0.2, -0.15) is 0 Å². The van der Waals surface area contributed by atoms with E-state index in [1.54, 1.807) is 11.9 Å². The van der Waals surface area contributed by atoms with E-state index < -0.39 is 17.4 Å². The van der Waals surface area contributed by atoms with Gasteiger partial charge in [-0.05, 0) is 94.4 Å². The lowest BCUT2D eigenvalue weighted by atomic mass is 9.74. The number of unbranched alkanes of at least 4 members (excludes halogenated alkanes) is 1. The largest absolute Gasteiger partial charge is 0.480 e. The number of benzene rings is 1. The maximum absolute atomic E-state index is 13.7. The second kappa shape index (κ2) is 12.6. The highest BCUT2D eigenvalue weighted by Crippen LogP contribution is 2.51. The van der Waals surface area contributed by atoms with Gasteiger partial charge in [-0.3, -0.25) is 14.5 Å². The molecule has 1 saturated heterocycles. The molecule has 0 unspecified atom stereocenters. The highest BCUT2D eigenvalue weighted by molar-refractivity contribution is 6.09. The number of carboxylic acids is 1. The third-order valence-corrected chi connectivity index (χ3v) is 10.9. The molecule has 1 saturated carbocycles. The fraction of sp³-hybridized carbons (Fsp3) is 0.639. The van der Waals surface area contributed by atoms with E-state index in [4.69, 9.17) is 14.5 Å². The first-order valence-corrected chi connectivity index (χ1v) is 16.8. The first-order chi connectivity index (χ1) is 21.5. The molecular formula is C36H50N4O5. The molecule has 3 atom stereocenters. The van der Waals surface area contributed by atoms with Gasteiger partial charge in [-0.1, -0.05) is 37.6 Å². The lowest BCUT2D eigenvalue weighted by molar-refractivity contribution is -0.144. The predicted octanol–water partition coefficient (Wildman–Crippen LogP) is 5.43. The number of hydrogen-bond donors (Lipinski definition) is 2. The first kappa shape index (κ1) is 32.0. The Kier molecular flexibility index (Phi) is 8.98. The maximum atomic E-state index is 13.7. The Labute approximate surface area is 267 Å². The zero-order valence-electron chi connectivity index (χ0n) is 27.7. The molecule has 4 heterocycles. The van der Waals surface area contributed by atoms with Crippen LogP contribution in [0.4, 0.5) is 11.5 Å². The minimum absolute atomic E-state index is 0.0360. The number of carbonyl (C=O) groups is 2. The molecule has 2 aromatic rings. The highest BCUT2D eigenvalue weighted by Gasteiger charge is 2.53. The second-order valence-corrected chi connectivity index (χ2v) is 14.5. The molecule has 2 N–H and O–H groups in total. The number of nitrogens with zero attached hydrogens (tertiary/aromatic N) is 3. The van der Waals surface area contributed by atoms with Gasteiger partial charge in [0.1, 0.15) is 11.9 Å². The van der Waals surface area contributed by atoms with Crippen molar-refractivity contribution >= 4 is 23.4 Å². The number of anilines is 2. The Hall–Kier alpha value is -3.01. The molecule has 0 bridgehead atoms. The van der Waals surface area contributed by atoms with Crippen LogP contribution in [-0.4, -0.2) is 79.5 Å². The number of aromatic nitrogens is 1. The van der Waals surface area contributed by atoms with Gasteiger partial charge in [0.05, 0.1) is 17.2 Å². The molecule has 4 aliphatic rings. The van der Waals surface area contributed by atoms with E-state index in [0.29, 0.717) is 38.2 Å². The number of aryl methyl sites for hydroxylation is 3. The highest BCUT2D eigenvalue weighted by atomic mass is 16.5. The summed E-state index contributed by atoms with van der Waals surface area (Å²) in [7, 11) is 3.72. The van der Waals surface area contributed by atoms with Gasteiger partial charge in [0, 0.05) is 50.7 Å². The molecule has 9 heteroatoms. The number of amides is 1. The summed E-state index contributed by atoms with van der Waals surface area (Å²) in [5, 5.41) is 14.1. The lowest BCUT2D eigenvalue weighted by Gasteiger charge is -2.33. The van der Waals surface area contributed by atoms with Crippen LogP contribution in [0.3, 0.4) is 0 Å². The van der Waals surface area contributed by atoms with Crippen LogP contribution in [0.15, 0.2) is 24.3 Å². The molecule has 0 radical (unpaired) electrons. The number of carbonyl (C=O) groups excluding carboxylic acids is 1. The van der Waals surface area contributed by atoms with Gasteiger partial charge in [-0.15, -0.1) is 0 Å². The summed E-state index contributed by atoms with van der Waals surface area (Å²) in [6.07, 6.45) is 8.08. The average Bonchev–Trinajstić information content (AvgIpc) is 3.42. The van der Waals surface area contributed by atoms with E-state index in [1.165, 1.54) is 12.0 Å². The number of rotatable bonds is 10. The second-order valence-electron chi connectivity index (χ2n) is 14.5. The van der Waals surface area contributed by atoms with Crippen LogP contribution in [-0.2, 0) is 37.3 Å². The van der Waals surface area contributed by atoms with Gasteiger partial charge in [0.25, 0.3) is 0 Å². The van der Waals surface area contributed by atoms with E-state index in [1.807, 2.05) is 24.9 Å². The number of pyridine rings is 1. The van der Waals surface area contributed by atoms with Crippen LogP contribution in [0.2, 0.25) is 0 Å². The van der Waals surface area contributed by atoms with Crippen LogP contribution < -0.4 is 10.2 Å². The fourth-order valence-corrected chi connectivity index (χ4v) is 8.37. The standard InChI is InChI=1S/C36H50N4O5/c1-23-19-27(30-28(20-23)36(34(43)40(30)5)13-17-44-18-14-36)31(33(41)42)39(4)26-21-29(35(2,3)22-26)45-16-7-6-10-25-12-11-24-9-8-15-37-32(24)38-25/h11-12,19-20,26,29,31H,6-10,13-18,21-22H2,1-5H3,(H,37,38)(H,41,42)/t26-,29-,31-/m1/s1. The first-order valence-electron chi connectivity index (χ1n) is 16.8. The minimum Gasteiger partial charge on any atom is -0.480 e. The molecular weight excluding hydrogens is 568 g/mol. The van der Waals surface area contributed by atoms with Crippen LogP contribution in [0.25, 0.3) is 0 Å². The Balaban J connectivity index is 1.12. The molecule has 1 aromatic carbocycles. The van der Waals surface area contributed by atoms with Gasteiger partial charge in [0.15, 0.2) is 0 Å². The van der Waals surface area contributed by atoms with Crippen molar-refractivity contribution in [3.05, 3.63) is 52.2 Å². The molecule has 45 heavy (non-hydrogen) atoms. The summed E-state index contributed by atoms with van der Waals surface area (Å²) < 4.78 is 12.1. The summed E-state index contributed by atoms with van der Waals surface area (Å²) in [4.78, 5) is 35.3. The van der Waals surface area contributed by atoms with Gasteiger partial charge in [-0.25, -0.2) is 4.98 Å². The van der Waals surface area contributed by atoms with Crippen molar-refractivity contribution in [2.75, 3.05) is 50.7 Å². The average molecular weight is 619 g/mol. The molecule has 6 rings (SSSR count). The van der Waals surface area contributed by atoms with Crippen molar-refractivity contribution in [3.8, 4) is 0 Å². The topological polar surface area (TPSA) is 104 Å². The van der Waals surface area contributed by atoms with Gasteiger partial charge < -0.3 is 24.8 Å². The molecule has 1 amide bonds. The Morgan fingerprint density at radius 1 is 1.24 bits per heavy atom. The van der Waals surface area contributed by atoms with Gasteiger partial charge in [0.2, 0.25) is 5.91 Å². The summed E-state index contributed by atoms with van der Waals surface area (Å²) in [5.74, 6) is 0.204. The number of carboxylic acid groups (broad SMARTS) is 1. The Morgan fingerprint density at radius 2 is 2.02 bits per heavy atom. The van der Waals surface area contributed by atoms with Crippen molar-refractivity contribution in [1.29, 1.82) is 0 Å². The van der Waals surface area contributed by atoms with Crippen molar-refractivity contribution in [2.24, 2.45) is 5.41 Å². The third-order valence-electron chi connectivity index (χ3n) is 10.9. The van der Waals surface area contributed by atoms with E-state index in [0.717, 1.165) is 73.4 Å². The molecule has 1 aliphatic carbocycles. The van der Waals surface area contributed by atoms with E-state index in [2.05, 4.69) is 37.4 Å². The van der Waals surface area contributed by atoms with E-state index in [-0.39, 0.29) is 23.5 Å². The van der Waals surface area contributed by atoms with Crippen LogP contribution in [0.5, 0.6) is 0 Å². The quantitative estimate of drug-likeness (QED) is 0.340. The van der Waals surface area contributed by atoms with Crippen molar-refractivity contribution in [2.45, 2.75) is 102 Å². The number of likely N-dealkylation sites (N-methyl/N-ethyl adjacent to an activating group) is 2. The molecule has 244 valence electrons. The Morgan fingerprint density at radius 3 is 2.78 bits per heavy atom.